The van der Waals surface area contributed by atoms with Crippen molar-refractivity contribution in [3.8, 4) is 11.5 Å². The molecule has 1 atom stereocenters. The van der Waals surface area contributed by atoms with Gasteiger partial charge >= 0.3 is 0 Å². The molecule has 1 fully saturated rings. The van der Waals surface area contributed by atoms with E-state index in [4.69, 9.17) is 9.47 Å². The summed E-state index contributed by atoms with van der Waals surface area (Å²) in [5.41, 5.74) is 0.367. The van der Waals surface area contributed by atoms with Gasteiger partial charge in [0, 0.05) is 13.2 Å². The number of benzene rings is 3. The van der Waals surface area contributed by atoms with Crippen LogP contribution >= 0.6 is 0 Å². The predicted octanol–water partition coefficient (Wildman–Crippen LogP) is 3.97. The zero-order valence-electron chi connectivity index (χ0n) is 18.1. The normalized spacial score (nSPS) is 15.7. The second-order valence-corrected chi connectivity index (χ2v) is 9.54. The molecular formula is C25H26N2O5S. The van der Waals surface area contributed by atoms with Gasteiger partial charge < -0.3 is 14.8 Å². The van der Waals surface area contributed by atoms with Gasteiger partial charge in [0.1, 0.15) is 18.0 Å². The Bertz CT molecular complexity index is 1150. The Morgan fingerprint density at radius 1 is 0.939 bits per heavy atom. The number of carbonyl (C=O) groups excluding carboxylic acids is 1. The number of rotatable bonds is 9. The summed E-state index contributed by atoms with van der Waals surface area (Å²) in [6, 6.07) is 24.0. The lowest BCUT2D eigenvalue weighted by Crippen LogP contribution is -2.42. The Labute approximate surface area is 194 Å². The molecule has 7 nitrogen and oxygen atoms in total. The summed E-state index contributed by atoms with van der Waals surface area (Å²) in [6.45, 7) is 0.706. The second-order valence-electron chi connectivity index (χ2n) is 7.67. The number of hydrogen-bond acceptors (Lipinski definition) is 5. The molecule has 0 unspecified atom stereocenters. The Hall–Kier alpha value is -3.36. The predicted molar refractivity (Wildman–Crippen MR) is 126 cm³/mol. The van der Waals surface area contributed by atoms with Gasteiger partial charge in [-0.3, -0.25) is 9.10 Å². The molecule has 8 heteroatoms. The summed E-state index contributed by atoms with van der Waals surface area (Å²) >= 11 is 0. The molecule has 172 valence electrons. The molecule has 0 spiro atoms. The molecule has 3 aromatic rings. The van der Waals surface area contributed by atoms with Gasteiger partial charge in [-0.25, -0.2) is 8.42 Å². The SMILES string of the molecule is O=C(CN(c1ccc(Oc2ccccc2)cc1)S(=O)(=O)c1ccccc1)NC[C@H]1CCCO1. The molecule has 4 rings (SSSR count). The lowest BCUT2D eigenvalue weighted by atomic mass is 10.2. The summed E-state index contributed by atoms with van der Waals surface area (Å²) in [5.74, 6) is 0.840. The molecule has 1 aliphatic heterocycles. The lowest BCUT2D eigenvalue weighted by Gasteiger charge is -2.24. The van der Waals surface area contributed by atoms with Gasteiger partial charge in [-0.2, -0.15) is 0 Å². The topological polar surface area (TPSA) is 84.9 Å². The summed E-state index contributed by atoms with van der Waals surface area (Å²) in [6.07, 6.45) is 1.82. The molecule has 1 amide bonds. The highest BCUT2D eigenvalue weighted by Crippen LogP contribution is 2.28. The minimum absolute atomic E-state index is 0.0254. The van der Waals surface area contributed by atoms with E-state index in [2.05, 4.69) is 5.32 Å². The van der Waals surface area contributed by atoms with Crippen molar-refractivity contribution in [2.24, 2.45) is 0 Å². The van der Waals surface area contributed by atoms with Crippen LogP contribution in [0.5, 0.6) is 11.5 Å². The van der Waals surface area contributed by atoms with Crippen molar-refractivity contribution in [1.29, 1.82) is 0 Å². The van der Waals surface area contributed by atoms with Crippen LogP contribution in [0.1, 0.15) is 12.8 Å². The summed E-state index contributed by atoms with van der Waals surface area (Å²) in [7, 11) is -3.96. The van der Waals surface area contributed by atoms with Crippen LogP contribution in [0.3, 0.4) is 0 Å². The fraction of sp³-hybridized carbons (Fsp3) is 0.240. The number of carbonyl (C=O) groups is 1. The summed E-state index contributed by atoms with van der Waals surface area (Å²) in [4.78, 5) is 12.8. The first-order valence-electron chi connectivity index (χ1n) is 10.8. The quantitative estimate of drug-likeness (QED) is 0.516. The third-order valence-corrected chi connectivity index (χ3v) is 7.06. The number of hydrogen-bond donors (Lipinski definition) is 1. The van der Waals surface area contributed by atoms with E-state index in [9.17, 15) is 13.2 Å². The van der Waals surface area contributed by atoms with Gasteiger partial charge in [0.2, 0.25) is 5.91 Å². The van der Waals surface area contributed by atoms with Crippen molar-refractivity contribution in [3.05, 3.63) is 84.9 Å². The maximum Gasteiger partial charge on any atom is 0.264 e. The Morgan fingerprint density at radius 3 is 2.21 bits per heavy atom. The molecule has 1 heterocycles. The smallest absolute Gasteiger partial charge is 0.264 e. The van der Waals surface area contributed by atoms with Crippen molar-refractivity contribution >= 4 is 21.6 Å². The van der Waals surface area contributed by atoms with Crippen molar-refractivity contribution in [2.75, 3.05) is 24.0 Å². The fourth-order valence-corrected chi connectivity index (χ4v) is 5.00. The van der Waals surface area contributed by atoms with Crippen molar-refractivity contribution in [1.82, 2.24) is 5.32 Å². The standard InChI is InChI=1S/C25H26N2O5S/c28-25(26-18-23-10-7-17-31-23)19-27(33(29,30)24-11-5-2-6-12-24)20-13-15-22(16-14-20)32-21-8-3-1-4-9-21/h1-6,8-9,11-16,23H,7,10,17-19H2,(H,26,28)/t23-/m1/s1. The number of para-hydroxylation sites is 1. The molecule has 1 N–H and O–H groups in total. The first-order chi connectivity index (χ1) is 16.0. The van der Waals surface area contributed by atoms with E-state index in [1.807, 2.05) is 30.3 Å². The van der Waals surface area contributed by atoms with Crippen LogP contribution in [0.15, 0.2) is 89.8 Å². The molecule has 33 heavy (non-hydrogen) atoms. The van der Waals surface area contributed by atoms with Crippen molar-refractivity contribution in [2.45, 2.75) is 23.8 Å². The lowest BCUT2D eigenvalue weighted by molar-refractivity contribution is -0.120. The number of anilines is 1. The van der Waals surface area contributed by atoms with Crippen molar-refractivity contribution in [3.63, 3.8) is 0 Å². The minimum atomic E-state index is -3.96. The van der Waals surface area contributed by atoms with Crippen LogP contribution in [0, 0.1) is 0 Å². The number of sulfonamides is 1. The summed E-state index contributed by atoms with van der Waals surface area (Å²) < 4.78 is 39.2. The number of nitrogens with one attached hydrogen (secondary N) is 1. The van der Waals surface area contributed by atoms with Gasteiger partial charge in [0.05, 0.1) is 16.7 Å². The first-order valence-corrected chi connectivity index (χ1v) is 12.3. The zero-order valence-corrected chi connectivity index (χ0v) is 18.9. The van der Waals surface area contributed by atoms with E-state index in [-0.39, 0.29) is 17.5 Å². The minimum Gasteiger partial charge on any atom is -0.457 e. The van der Waals surface area contributed by atoms with Crippen LogP contribution in [-0.2, 0) is 19.6 Å². The number of ether oxygens (including phenoxy) is 2. The van der Waals surface area contributed by atoms with E-state index < -0.39 is 15.9 Å². The van der Waals surface area contributed by atoms with Crippen molar-refractivity contribution < 1.29 is 22.7 Å². The molecule has 0 aromatic heterocycles. The van der Waals surface area contributed by atoms with Gasteiger partial charge in [0.15, 0.2) is 0 Å². The highest BCUT2D eigenvalue weighted by molar-refractivity contribution is 7.92. The van der Waals surface area contributed by atoms with E-state index in [1.54, 1.807) is 42.5 Å². The number of amides is 1. The highest BCUT2D eigenvalue weighted by Gasteiger charge is 2.27. The fourth-order valence-electron chi connectivity index (χ4n) is 3.56. The average molecular weight is 467 g/mol. The van der Waals surface area contributed by atoms with Gasteiger partial charge in [-0.1, -0.05) is 36.4 Å². The average Bonchev–Trinajstić information content (AvgIpc) is 3.37. The van der Waals surface area contributed by atoms with E-state index in [0.29, 0.717) is 30.3 Å². The maximum absolute atomic E-state index is 13.4. The van der Waals surface area contributed by atoms with Gasteiger partial charge in [-0.05, 0) is 61.4 Å². The second kappa shape index (κ2) is 10.5. The molecule has 0 aliphatic carbocycles. The highest BCUT2D eigenvalue weighted by atomic mass is 32.2. The van der Waals surface area contributed by atoms with Gasteiger partial charge in [0.25, 0.3) is 10.0 Å². The van der Waals surface area contributed by atoms with Crippen LogP contribution in [0.2, 0.25) is 0 Å². The molecule has 1 saturated heterocycles. The Balaban J connectivity index is 1.54. The summed E-state index contributed by atoms with van der Waals surface area (Å²) in [5, 5.41) is 2.80. The van der Waals surface area contributed by atoms with Crippen LogP contribution < -0.4 is 14.4 Å². The molecule has 0 saturated carbocycles. The van der Waals surface area contributed by atoms with Crippen LogP contribution in [-0.4, -0.2) is 40.1 Å². The molecular weight excluding hydrogens is 440 g/mol. The molecule has 3 aromatic carbocycles. The van der Waals surface area contributed by atoms with E-state index in [0.717, 1.165) is 17.1 Å². The third kappa shape index (κ3) is 5.91. The largest absolute Gasteiger partial charge is 0.457 e. The van der Waals surface area contributed by atoms with E-state index >= 15 is 0 Å². The third-order valence-electron chi connectivity index (χ3n) is 5.27. The Morgan fingerprint density at radius 2 is 1.58 bits per heavy atom. The Kier molecular flexibility index (Phi) is 7.26. The molecule has 0 bridgehead atoms. The number of nitrogens with zero attached hydrogens (tertiary/aromatic N) is 1. The van der Waals surface area contributed by atoms with Crippen LogP contribution in [0.4, 0.5) is 5.69 Å². The first kappa shape index (κ1) is 22.8. The van der Waals surface area contributed by atoms with Gasteiger partial charge in [-0.15, -0.1) is 0 Å². The molecule has 0 radical (unpaired) electrons. The maximum atomic E-state index is 13.4. The monoisotopic (exact) mass is 466 g/mol. The van der Waals surface area contributed by atoms with Crippen LogP contribution in [0.25, 0.3) is 0 Å². The molecule has 1 aliphatic rings. The van der Waals surface area contributed by atoms with E-state index in [1.165, 1.54) is 12.1 Å². The zero-order chi connectivity index (χ0) is 23.1.